The second-order valence-corrected chi connectivity index (χ2v) is 14.1. The van der Waals surface area contributed by atoms with Crippen LogP contribution in [0.3, 0.4) is 0 Å². The molecule has 0 aliphatic heterocycles. The molecular weight excluding hydrogens is 573 g/mol. The Kier molecular flexibility index (Phi) is 7.41. The van der Waals surface area contributed by atoms with Gasteiger partial charge in [-0.15, -0.1) is 0 Å². The molecule has 2 fully saturated rings. The fourth-order valence-corrected chi connectivity index (χ4v) is 8.93. The lowest BCUT2D eigenvalue weighted by Gasteiger charge is -2.50. The largest absolute Gasteiger partial charge is 0.208 e. The van der Waals surface area contributed by atoms with E-state index in [0.717, 1.165) is 56.3 Å². The molecular formula is C43H38N4. The minimum atomic E-state index is 0.274. The molecule has 0 amide bonds. The van der Waals surface area contributed by atoms with Crippen molar-refractivity contribution in [3.05, 3.63) is 126 Å². The van der Waals surface area contributed by atoms with Gasteiger partial charge in [-0.25, -0.2) is 15.0 Å². The Hall–Kier alpha value is -5.14. The van der Waals surface area contributed by atoms with Gasteiger partial charge in [0.15, 0.2) is 17.5 Å². The summed E-state index contributed by atoms with van der Waals surface area (Å²) >= 11 is 0. The van der Waals surface area contributed by atoms with E-state index in [1.165, 1.54) is 37.7 Å². The van der Waals surface area contributed by atoms with E-state index >= 15 is 0 Å². The summed E-state index contributed by atoms with van der Waals surface area (Å²) in [7, 11) is 0. The molecule has 0 spiro atoms. The summed E-state index contributed by atoms with van der Waals surface area (Å²) in [4.78, 5) is 15.2. The number of fused-ring (bicyclic) bond motifs is 3. The van der Waals surface area contributed by atoms with Gasteiger partial charge < -0.3 is 0 Å². The van der Waals surface area contributed by atoms with Gasteiger partial charge in [0.2, 0.25) is 0 Å². The van der Waals surface area contributed by atoms with Crippen LogP contribution in [0.25, 0.3) is 56.1 Å². The topological polar surface area (TPSA) is 62.5 Å². The molecule has 4 atom stereocenters. The molecule has 2 bridgehead atoms. The van der Waals surface area contributed by atoms with E-state index < -0.39 is 0 Å². The summed E-state index contributed by atoms with van der Waals surface area (Å²) in [5, 5.41) is 12.0. The second kappa shape index (κ2) is 11.9. The zero-order valence-electron chi connectivity index (χ0n) is 27.0. The Morgan fingerprint density at radius 1 is 0.574 bits per heavy atom. The number of hydrogen-bond acceptors (Lipinski definition) is 4. The van der Waals surface area contributed by atoms with Crippen molar-refractivity contribution in [1.82, 2.24) is 15.0 Å². The molecule has 2 saturated carbocycles. The quantitative estimate of drug-likeness (QED) is 0.195. The van der Waals surface area contributed by atoms with Gasteiger partial charge in [0, 0.05) is 22.1 Å². The highest BCUT2D eigenvalue weighted by Gasteiger charge is 2.45. The van der Waals surface area contributed by atoms with E-state index in [4.69, 9.17) is 15.0 Å². The zero-order valence-corrected chi connectivity index (χ0v) is 27.0. The van der Waals surface area contributed by atoms with Crippen LogP contribution in [0.2, 0.25) is 0 Å². The summed E-state index contributed by atoms with van der Waals surface area (Å²) in [6.07, 6.45) is 6.61. The van der Waals surface area contributed by atoms with Gasteiger partial charge in [0.25, 0.3) is 0 Å². The Bertz CT molecular complexity index is 2090. The number of benzene rings is 5. The maximum Gasteiger partial charge on any atom is 0.164 e. The van der Waals surface area contributed by atoms with E-state index in [1.807, 2.05) is 60.7 Å². The number of rotatable bonds is 5. The monoisotopic (exact) mass is 610 g/mol. The molecule has 4 heteroatoms. The first-order valence-electron chi connectivity index (χ1n) is 16.9. The van der Waals surface area contributed by atoms with Crippen LogP contribution in [0.1, 0.15) is 57.1 Å². The molecule has 6 aromatic rings. The maximum atomic E-state index is 10.2. The van der Waals surface area contributed by atoms with Crippen LogP contribution in [-0.4, -0.2) is 15.0 Å². The first-order valence-corrected chi connectivity index (χ1v) is 16.9. The molecule has 2 aliphatic rings. The van der Waals surface area contributed by atoms with Crippen molar-refractivity contribution >= 4 is 10.8 Å². The number of nitrogens with zero attached hydrogens (tertiary/aromatic N) is 4. The van der Waals surface area contributed by atoms with Gasteiger partial charge in [0.1, 0.15) is 0 Å². The Morgan fingerprint density at radius 2 is 1.15 bits per heavy atom. The molecule has 5 aromatic carbocycles. The fourth-order valence-electron chi connectivity index (χ4n) is 8.93. The normalized spacial score (nSPS) is 22.1. The maximum absolute atomic E-state index is 10.2. The Balaban J connectivity index is 1.27. The Morgan fingerprint density at radius 3 is 1.79 bits per heavy atom. The minimum absolute atomic E-state index is 0.274. The van der Waals surface area contributed by atoms with Gasteiger partial charge in [-0.3, -0.25) is 0 Å². The van der Waals surface area contributed by atoms with Crippen molar-refractivity contribution in [2.24, 2.45) is 17.8 Å². The van der Waals surface area contributed by atoms with Crippen LogP contribution >= 0.6 is 0 Å². The predicted octanol–water partition coefficient (Wildman–Crippen LogP) is 10.7. The highest BCUT2D eigenvalue weighted by molar-refractivity contribution is 6.07. The minimum Gasteiger partial charge on any atom is -0.208 e. The van der Waals surface area contributed by atoms with Crippen LogP contribution < -0.4 is 0 Å². The standard InChI is InChI=1S/C43H38N4/c1-28-22-30-23-29(2)25-43(24-28,26-30)35-18-16-33(17-19-35)41-45-40(32-12-7-4-8-13-32)46-42(47-41)38-21-20-36(31-10-5-3-6-11-31)39-34(27-44)14-9-15-37(38)39/h3-21,28-30H,22-26H2,1-2H3/t28-,29+,30-,43?. The fraction of sp³-hybridized carbons (Fsp3) is 0.256. The molecule has 0 saturated heterocycles. The van der Waals surface area contributed by atoms with Crippen molar-refractivity contribution in [3.63, 3.8) is 0 Å². The second-order valence-electron chi connectivity index (χ2n) is 14.1. The average Bonchev–Trinajstić information content (AvgIpc) is 3.11. The van der Waals surface area contributed by atoms with Gasteiger partial charge in [-0.1, -0.05) is 117 Å². The van der Waals surface area contributed by atoms with Gasteiger partial charge in [-0.2, -0.15) is 5.26 Å². The van der Waals surface area contributed by atoms with Crippen molar-refractivity contribution in [1.29, 1.82) is 5.26 Å². The zero-order chi connectivity index (χ0) is 32.0. The molecule has 230 valence electrons. The van der Waals surface area contributed by atoms with Crippen LogP contribution in [0, 0.1) is 29.1 Å². The van der Waals surface area contributed by atoms with Gasteiger partial charge in [0.05, 0.1) is 11.6 Å². The summed E-state index contributed by atoms with van der Waals surface area (Å²) in [6, 6.07) is 42.0. The molecule has 1 aromatic heterocycles. The van der Waals surface area contributed by atoms with Crippen LogP contribution in [-0.2, 0) is 5.41 Å². The average molecular weight is 611 g/mol. The molecule has 1 unspecified atom stereocenters. The summed E-state index contributed by atoms with van der Waals surface area (Å²) in [5.41, 5.74) is 7.26. The van der Waals surface area contributed by atoms with Gasteiger partial charge >= 0.3 is 0 Å². The van der Waals surface area contributed by atoms with E-state index in [9.17, 15) is 5.26 Å². The summed E-state index contributed by atoms with van der Waals surface area (Å²) in [5.74, 6) is 4.26. The predicted molar refractivity (Wildman–Crippen MR) is 190 cm³/mol. The Labute approximate surface area is 277 Å². The van der Waals surface area contributed by atoms with Crippen molar-refractivity contribution in [3.8, 4) is 51.4 Å². The lowest BCUT2D eigenvalue weighted by atomic mass is 9.54. The van der Waals surface area contributed by atoms with Crippen molar-refractivity contribution in [2.45, 2.75) is 51.4 Å². The third-order valence-corrected chi connectivity index (χ3v) is 10.5. The van der Waals surface area contributed by atoms with E-state index in [-0.39, 0.29) is 5.41 Å². The molecule has 4 nitrogen and oxygen atoms in total. The molecule has 0 N–H and O–H groups in total. The third kappa shape index (κ3) is 5.40. The SMILES string of the molecule is C[C@@H]1C[C@@H]2C[C@H](C)CC(c3ccc(-c4nc(-c5ccccc5)nc(-c5ccc(-c6ccccc6)c6c(C#N)cccc56)n4)cc3)(C1)C2. The lowest BCUT2D eigenvalue weighted by molar-refractivity contribution is 0.0780. The van der Waals surface area contributed by atoms with Gasteiger partial charge in [-0.05, 0) is 89.5 Å². The van der Waals surface area contributed by atoms with Crippen LogP contribution in [0.15, 0.2) is 115 Å². The van der Waals surface area contributed by atoms with Crippen molar-refractivity contribution < 1.29 is 0 Å². The first-order chi connectivity index (χ1) is 23.0. The molecule has 8 rings (SSSR count). The third-order valence-electron chi connectivity index (χ3n) is 10.5. The van der Waals surface area contributed by atoms with Crippen LogP contribution in [0.4, 0.5) is 0 Å². The molecule has 47 heavy (non-hydrogen) atoms. The first kappa shape index (κ1) is 29.3. The lowest BCUT2D eigenvalue weighted by Crippen LogP contribution is -2.42. The number of nitriles is 1. The van der Waals surface area contributed by atoms with E-state index in [0.29, 0.717) is 23.0 Å². The molecule has 2 aliphatic carbocycles. The van der Waals surface area contributed by atoms with E-state index in [1.54, 1.807) is 0 Å². The summed E-state index contributed by atoms with van der Waals surface area (Å²) < 4.78 is 0. The smallest absolute Gasteiger partial charge is 0.164 e. The van der Waals surface area contributed by atoms with Crippen LogP contribution in [0.5, 0.6) is 0 Å². The summed E-state index contributed by atoms with van der Waals surface area (Å²) in [6.45, 7) is 4.89. The number of aromatic nitrogens is 3. The van der Waals surface area contributed by atoms with Crippen molar-refractivity contribution in [2.75, 3.05) is 0 Å². The highest BCUT2D eigenvalue weighted by Crippen LogP contribution is 2.54. The molecule has 1 heterocycles. The number of hydrogen-bond donors (Lipinski definition) is 0. The highest BCUT2D eigenvalue weighted by atomic mass is 15.0. The van der Waals surface area contributed by atoms with E-state index in [2.05, 4.69) is 74.5 Å². The molecule has 0 radical (unpaired) electrons.